The Balaban J connectivity index is 3.76. The lowest BCUT2D eigenvalue weighted by Gasteiger charge is -2.19. The van der Waals surface area contributed by atoms with Gasteiger partial charge in [-0.2, -0.15) is 0 Å². The second-order valence-corrected chi connectivity index (χ2v) is 4.50. The van der Waals surface area contributed by atoms with Crippen LogP contribution in [0.15, 0.2) is 12.2 Å². The summed E-state index contributed by atoms with van der Waals surface area (Å²) in [5.74, 6) is -0.876. The first-order valence-electron chi connectivity index (χ1n) is 5.06. The Labute approximate surface area is 95.5 Å². The topological polar surface area (TPSA) is 75.6 Å². The molecular formula is C11H19NO4. The Kier molecular flexibility index (Phi) is 5.56. The third-order valence-corrected chi connectivity index (χ3v) is 1.57. The van der Waals surface area contributed by atoms with Gasteiger partial charge >= 0.3 is 12.1 Å². The molecule has 5 heteroatoms. The first-order valence-corrected chi connectivity index (χ1v) is 5.06. The maximum atomic E-state index is 11.2. The fraction of sp³-hybridized carbons (Fsp3) is 0.636. The molecule has 0 spiro atoms. The molecule has 0 fully saturated rings. The molecule has 0 aromatic rings. The number of carboxylic acid groups (broad SMARTS) is 1. The largest absolute Gasteiger partial charge is 0.481 e. The number of hydrogen-bond donors (Lipinski definition) is 2. The summed E-state index contributed by atoms with van der Waals surface area (Å²) < 4.78 is 5.01. The van der Waals surface area contributed by atoms with Crippen molar-refractivity contribution in [2.24, 2.45) is 0 Å². The number of nitrogens with one attached hydrogen (secondary N) is 1. The third-order valence-electron chi connectivity index (χ3n) is 1.57. The van der Waals surface area contributed by atoms with Crippen LogP contribution in [0.3, 0.4) is 0 Å². The number of carboxylic acids is 1. The number of carbonyl (C=O) groups excluding carboxylic acids is 1. The smallest absolute Gasteiger partial charge is 0.407 e. The van der Waals surface area contributed by atoms with E-state index in [1.165, 1.54) is 0 Å². The van der Waals surface area contributed by atoms with E-state index in [9.17, 15) is 9.59 Å². The summed E-state index contributed by atoms with van der Waals surface area (Å²) >= 11 is 0. The molecule has 0 rings (SSSR count). The highest BCUT2D eigenvalue weighted by atomic mass is 16.6. The number of rotatable bonds is 5. The molecule has 0 atom stereocenters. The van der Waals surface area contributed by atoms with E-state index >= 15 is 0 Å². The summed E-state index contributed by atoms with van der Waals surface area (Å²) in [6.07, 6.45) is -0.149. The lowest BCUT2D eigenvalue weighted by molar-refractivity contribution is -0.136. The summed E-state index contributed by atoms with van der Waals surface area (Å²) in [6, 6.07) is 0. The first-order chi connectivity index (χ1) is 7.20. The van der Waals surface area contributed by atoms with E-state index < -0.39 is 17.7 Å². The number of hydrogen-bond acceptors (Lipinski definition) is 3. The zero-order valence-electron chi connectivity index (χ0n) is 10.0. The molecule has 1 amide bonds. The number of ether oxygens (including phenoxy) is 1. The molecule has 0 aromatic carbocycles. The van der Waals surface area contributed by atoms with Gasteiger partial charge in [-0.1, -0.05) is 12.2 Å². The van der Waals surface area contributed by atoms with Crippen LogP contribution in [0.5, 0.6) is 0 Å². The van der Waals surface area contributed by atoms with Crippen LogP contribution in [0.4, 0.5) is 4.79 Å². The van der Waals surface area contributed by atoms with Gasteiger partial charge in [-0.15, -0.1) is 0 Å². The third kappa shape index (κ3) is 9.05. The fourth-order valence-electron chi connectivity index (χ4n) is 0.883. The van der Waals surface area contributed by atoms with Gasteiger partial charge in [0.2, 0.25) is 0 Å². The van der Waals surface area contributed by atoms with Gasteiger partial charge in [0.1, 0.15) is 5.60 Å². The van der Waals surface area contributed by atoms with Gasteiger partial charge in [0.25, 0.3) is 0 Å². The van der Waals surface area contributed by atoms with Crippen LogP contribution in [0.1, 0.15) is 33.6 Å². The van der Waals surface area contributed by atoms with E-state index in [0.717, 1.165) is 0 Å². The molecule has 16 heavy (non-hydrogen) atoms. The molecule has 0 aromatic heterocycles. The van der Waals surface area contributed by atoms with Crippen molar-refractivity contribution >= 4 is 12.1 Å². The number of carbonyl (C=O) groups is 2. The summed E-state index contributed by atoms with van der Waals surface area (Å²) in [5.41, 5.74) is 0.125. The Morgan fingerprint density at radius 1 is 1.31 bits per heavy atom. The van der Waals surface area contributed by atoms with Crippen LogP contribution in [0.25, 0.3) is 0 Å². The lowest BCUT2D eigenvalue weighted by Crippen LogP contribution is -2.33. The van der Waals surface area contributed by atoms with Gasteiger partial charge in [-0.05, 0) is 27.2 Å². The molecule has 0 aliphatic rings. The van der Waals surface area contributed by atoms with Crippen LogP contribution < -0.4 is 5.32 Å². The Bertz CT molecular complexity index is 278. The molecule has 0 aliphatic carbocycles. The molecule has 0 radical (unpaired) electrons. The monoisotopic (exact) mass is 229 g/mol. The molecule has 0 saturated carbocycles. The minimum atomic E-state index is -0.876. The summed E-state index contributed by atoms with van der Waals surface area (Å²) in [5, 5.41) is 10.9. The minimum absolute atomic E-state index is 0.0227. The average molecular weight is 229 g/mol. The predicted octanol–water partition coefficient (Wildman–Crippen LogP) is 1.93. The Morgan fingerprint density at radius 2 is 1.88 bits per heavy atom. The van der Waals surface area contributed by atoms with Crippen molar-refractivity contribution in [3.8, 4) is 0 Å². The Morgan fingerprint density at radius 3 is 2.31 bits per heavy atom. The number of alkyl carbamates (subject to hydrolysis) is 1. The molecule has 92 valence electrons. The van der Waals surface area contributed by atoms with Crippen LogP contribution in [-0.2, 0) is 9.53 Å². The van der Waals surface area contributed by atoms with Crippen LogP contribution >= 0.6 is 0 Å². The number of amides is 1. The van der Waals surface area contributed by atoms with Gasteiger partial charge in [0.15, 0.2) is 0 Å². The van der Waals surface area contributed by atoms with E-state index in [4.69, 9.17) is 9.84 Å². The van der Waals surface area contributed by atoms with Gasteiger partial charge < -0.3 is 15.2 Å². The van der Waals surface area contributed by atoms with Crippen LogP contribution in [-0.4, -0.2) is 29.3 Å². The van der Waals surface area contributed by atoms with E-state index in [0.29, 0.717) is 12.0 Å². The zero-order valence-corrected chi connectivity index (χ0v) is 10.0. The Hall–Kier alpha value is -1.52. The standard InChI is InChI=1S/C11H19NO4/c1-8(5-6-9(13)14)7-12-10(15)16-11(2,3)4/h1,5-7H2,2-4H3,(H,12,15)(H,13,14). The predicted molar refractivity (Wildman–Crippen MR) is 60.2 cm³/mol. The summed E-state index contributed by atoms with van der Waals surface area (Å²) in [7, 11) is 0. The fourth-order valence-corrected chi connectivity index (χ4v) is 0.883. The molecule has 0 saturated heterocycles. The normalized spacial score (nSPS) is 10.7. The maximum Gasteiger partial charge on any atom is 0.407 e. The van der Waals surface area contributed by atoms with Crippen molar-refractivity contribution in [3.05, 3.63) is 12.2 Å². The van der Waals surface area contributed by atoms with Crippen LogP contribution in [0.2, 0.25) is 0 Å². The molecule has 0 unspecified atom stereocenters. The van der Waals surface area contributed by atoms with Crippen LogP contribution in [0, 0.1) is 0 Å². The van der Waals surface area contributed by atoms with E-state index in [-0.39, 0.29) is 13.0 Å². The minimum Gasteiger partial charge on any atom is -0.481 e. The van der Waals surface area contributed by atoms with Crippen molar-refractivity contribution in [1.29, 1.82) is 0 Å². The second-order valence-electron chi connectivity index (χ2n) is 4.50. The van der Waals surface area contributed by atoms with Gasteiger partial charge in [0, 0.05) is 13.0 Å². The zero-order chi connectivity index (χ0) is 12.8. The average Bonchev–Trinajstić information content (AvgIpc) is 2.08. The molecule has 0 aliphatic heterocycles. The van der Waals surface area contributed by atoms with E-state index in [1.807, 2.05) is 0 Å². The summed E-state index contributed by atoms with van der Waals surface area (Å²) in [4.78, 5) is 21.5. The van der Waals surface area contributed by atoms with Crippen molar-refractivity contribution in [2.75, 3.05) is 6.54 Å². The highest BCUT2D eigenvalue weighted by Gasteiger charge is 2.15. The maximum absolute atomic E-state index is 11.2. The first kappa shape index (κ1) is 14.5. The van der Waals surface area contributed by atoms with Crippen molar-refractivity contribution in [1.82, 2.24) is 5.32 Å². The molecular weight excluding hydrogens is 210 g/mol. The van der Waals surface area contributed by atoms with Gasteiger partial charge in [0.05, 0.1) is 0 Å². The van der Waals surface area contributed by atoms with Crippen molar-refractivity contribution in [3.63, 3.8) is 0 Å². The molecule has 2 N–H and O–H groups in total. The van der Waals surface area contributed by atoms with E-state index in [2.05, 4.69) is 11.9 Å². The highest BCUT2D eigenvalue weighted by Crippen LogP contribution is 2.07. The van der Waals surface area contributed by atoms with Crippen molar-refractivity contribution < 1.29 is 19.4 Å². The summed E-state index contributed by atoms with van der Waals surface area (Å²) in [6.45, 7) is 9.21. The van der Waals surface area contributed by atoms with Gasteiger partial charge in [-0.3, -0.25) is 4.79 Å². The quantitative estimate of drug-likeness (QED) is 0.706. The number of aliphatic carboxylic acids is 1. The molecule has 5 nitrogen and oxygen atoms in total. The lowest BCUT2D eigenvalue weighted by atomic mass is 10.1. The highest BCUT2D eigenvalue weighted by molar-refractivity contribution is 5.68. The molecule has 0 heterocycles. The van der Waals surface area contributed by atoms with Crippen molar-refractivity contribution in [2.45, 2.75) is 39.2 Å². The molecule has 0 bridgehead atoms. The van der Waals surface area contributed by atoms with Gasteiger partial charge in [-0.25, -0.2) is 4.79 Å². The van der Waals surface area contributed by atoms with E-state index in [1.54, 1.807) is 20.8 Å². The SMILES string of the molecule is C=C(CCC(=O)O)CNC(=O)OC(C)(C)C. The second kappa shape index (κ2) is 6.15.